The first-order valence-electron chi connectivity index (χ1n) is 5.66. The fourth-order valence-corrected chi connectivity index (χ4v) is 2.37. The van der Waals surface area contributed by atoms with E-state index in [-0.39, 0.29) is 6.04 Å². The zero-order chi connectivity index (χ0) is 12.0. The Bertz CT molecular complexity index is 336. The molecule has 1 heterocycles. The molecule has 0 aromatic carbocycles. The fraction of sp³-hybridized carbons (Fsp3) is 0.636. The van der Waals surface area contributed by atoms with Gasteiger partial charge in [-0.25, -0.2) is 4.98 Å². The number of hydrogen-bond donors (Lipinski definition) is 2. The second-order valence-corrected chi connectivity index (χ2v) is 5.20. The number of nitrogens with one attached hydrogen (secondary N) is 2. The van der Waals surface area contributed by atoms with Crippen molar-refractivity contribution in [2.24, 2.45) is 0 Å². The molecule has 1 rings (SSSR count). The Hall–Kier alpha value is -0.680. The van der Waals surface area contributed by atoms with E-state index in [1.54, 1.807) is 11.3 Å². The lowest BCUT2D eigenvalue weighted by Gasteiger charge is -2.14. The van der Waals surface area contributed by atoms with Gasteiger partial charge < -0.3 is 10.6 Å². The molecule has 2 N–H and O–H groups in total. The first-order chi connectivity index (χ1) is 7.67. The molecule has 16 heavy (non-hydrogen) atoms. The monoisotopic (exact) mass is 257 g/mol. The minimum absolute atomic E-state index is 0.183. The number of aryl methyl sites for hydroxylation is 1. The van der Waals surface area contributed by atoms with Gasteiger partial charge in [-0.1, -0.05) is 13.8 Å². The molecule has 1 atom stereocenters. The summed E-state index contributed by atoms with van der Waals surface area (Å²) in [6, 6.07) is 0.183. The number of nitrogens with zero attached hydrogens (tertiary/aromatic N) is 1. The minimum Gasteiger partial charge on any atom is -0.363 e. The molecule has 0 saturated heterocycles. The van der Waals surface area contributed by atoms with Gasteiger partial charge in [-0.3, -0.25) is 0 Å². The summed E-state index contributed by atoms with van der Waals surface area (Å²) < 4.78 is 0. The zero-order valence-corrected chi connectivity index (χ0v) is 11.7. The van der Waals surface area contributed by atoms with Gasteiger partial charge in [0.05, 0.1) is 6.04 Å². The van der Waals surface area contributed by atoms with Crippen LogP contribution in [0, 0.1) is 0 Å². The van der Waals surface area contributed by atoms with E-state index in [9.17, 15) is 0 Å². The Balaban J connectivity index is 2.45. The number of hydrogen-bond acceptors (Lipinski definition) is 3. The summed E-state index contributed by atoms with van der Waals surface area (Å²) in [6.45, 7) is 7.26. The Morgan fingerprint density at radius 1 is 1.56 bits per heavy atom. The normalized spacial score (nSPS) is 12.2. The van der Waals surface area contributed by atoms with Crippen LogP contribution in [0.15, 0.2) is 6.20 Å². The van der Waals surface area contributed by atoms with Crippen LogP contribution in [0.1, 0.15) is 43.1 Å². The van der Waals surface area contributed by atoms with Gasteiger partial charge in [-0.05, 0) is 32.0 Å². The van der Waals surface area contributed by atoms with Crippen molar-refractivity contribution in [1.29, 1.82) is 0 Å². The number of rotatable bonds is 5. The molecule has 1 aromatic heterocycles. The highest BCUT2D eigenvalue weighted by Gasteiger charge is 2.10. The summed E-state index contributed by atoms with van der Waals surface area (Å²) in [5.74, 6) is 0. The third kappa shape index (κ3) is 4.06. The molecule has 0 radical (unpaired) electrons. The van der Waals surface area contributed by atoms with Crippen LogP contribution in [-0.4, -0.2) is 16.6 Å². The molecule has 0 spiro atoms. The molecule has 0 bridgehead atoms. The van der Waals surface area contributed by atoms with E-state index in [4.69, 9.17) is 12.2 Å². The molecule has 1 aromatic rings. The summed E-state index contributed by atoms with van der Waals surface area (Å²) in [5, 5.41) is 8.19. The van der Waals surface area contributed by atoms with Crippen LogP contribution >= 0.6 is 23.6 Å². The largest absolute Gasteiger partial charge is 0.363 e. The topological polar surface area (TPSA) is 37.0 Å². The average Bonchev–Trinajstić information content (AvgIpc) is 2.74. The summed E-state index contributed by atoms with van der Waals surface area (Å²) in [7, 11) is 0. The molecule has 0 aliphatic carbocycles. The molecule has 0 saturated carbocycles. The third-order valence-corrected chi connectivity index (χ3v) is 3.76. The van der Waals surface area contributed by atoms with Gasteiger partial charge >= 0.3 is 0 Å². The second kappa shape index (κ2) is 6.81. The van der Waals surface area contributed by atoms with Gasteiger partial charge in [0.25, 0.3) is 0 Å². The SMILES string of the molecule is CCCNC(=S)NC(C)c1ncc(CC)s1. The lowest BCUT2D eigenvalue weighted by Crippen LogP contribution is -2.37. The van der Waals surface area contributed by atoms with Crippen LogP contribution in [0.4, 0.5) is 0 Å². The van der Waals surface area contributed by atoms with Crippen molar-refractivity contribution in [3.8, 4) is 0 Å². The van der Waals surface area contributed by atoms with Gasteiger partial charge in [-0.2, -0.15) is 0 Å². The number of thiazole rings is 1. The zero-order valence-electron chi connectivity index (χ0n) is 10.0. The number of thiocarbonyl (C=S) groups is 1. The molecule has 0 amide bonds. The molecule has 3 nitrogen and oxygen atoms in total. The van der Waals surface area contributed by atoms with Crippen molar-refractivity contribution in [3.63, 3.8) is 0 Å². The first-order valence-corrected chi connectivity index (χ1v) is 6.88. The summed E-state index contributed by atoms with van der Waals surface area (Å²) in [6.07, 6.45) is 4.07. The smallest absolute Gasteiger partial charge is 0.166 e. The lowest BCUT2D eigenvalue weighted by molar-refractivity contribution is 0.689. The average molecular weight is 257 g/mol. The van der Waals surface area contributed by atoms with Gasteiger partial charge in [0, 0.05) is 17.6 Å². The maximum Gasteiger partial charge on any atom is 0.166 e. The first kappa shape index (κ1) is 13.4. The Morgan fingerprint density at radius 2 is 2.31 bits per heavy atom. The van der Waals surface area contributed by atoms with Crippen molar-refractivity contribution >= 4 is 28.7 Å². The van der Waals surface area contributed by atoms with E-state index in [2.05, 4.69) is 36.4 Å². The van der Waals surface area contributed by atoms with E-state index < -0.39 is 0 Å². The highest BCUT2D eigenvalue weighted by Crippen LogP contribution is 2.19. The summed E-state index contributed by atoms with van der Waals surface area (Å²) >= 11 is 6.93. The van der Waals surface area contributed by atoms with Gasteiger partial charge in [0.2, 0.25) is 0 Å². The van der Waals surface area contributed by atoms with E-state index in [1.807, 2.05) is 6.20 Å². The van der Waals surface area contributed by atoms with Crippen molar-refractivity contribution in [3.05, 3.63) is 16.1 Å². The standard InChI is InChI=1S/C11H19N3S2/c1-4-6-12-11(15)14-8(3)10-13-7-9(5-2)16-10/h7-8H,4-6H2,1-3H3,(H2,12,14,15). The van der Waals surface area contributed by atoms with E-state index in [1.165, 1.54) is 4.88 Å². The lowest BCUT2D eigenvalue weighted by atomic mass is 10.3. The maximum absolute atomic E-state index is 5.19. The Labute approximate surface area is 107 Å². The van der Waals surface area contributed by atoms with Crippen molar-refractivity contribution in [2.75, 3.05) is 6.54 Å². The van der Waals surface area contributed by atoms with Gasteiger partial charge in [0.15, 0.2) is 5.11 Å². The molecule has 90 valence electrons. The summed E-state index contributed by atoms with van der Waals surface area (Å²) in [4.78, 5) is 5.70. The minimum atomic E-state index is 0.183. The van der Waals surface area contributed by atoms with Crippen molar-refractivity contribution < 1.29 is 0 Å². The van der Waals surface area contributed by atoms with Crippen LogP contribution in [0.3, 0.4) is 0 Å². The molecular weight excluding hydrogens is 238 g/mol. The molecule has 5 heteroatoms. The molecular formula is C11H19N3S2. The van der Waals surface area contributed by atoms with E-state index in [0.29, 0.717) is 5.11 Å². The molecule has 0 fully saturated rings. The quantitative estimate of drug-likeness (QED) is 0.795. The second-order valence-electron chi connectivity index (χ2n) is 3.64. The third-order valence-electron chi connectivity index (χ3n) is 2.17. The van der Waals surface area contributed by atoms with Crippen LogP contribution in [0.25, 0.3) is 0 Å². The van der Waals surface area contributed by atoms with Gasteiger partial charge in [0.1, 0.15) is 5.01 Å². The highest BCUT2D eigenvalue weighted by atomic mass is 32.1. The fourth-order valence-electron chi connectivity index (χ4n) is 1.23. The van der Waals surface area contributed by atoms with Crippen molar-refractivity contribution in [1.82, 2.24) is 15.6 Å². The number of aromatic nitrogens is 1. The van der Waals surface area contributed by atoms with E-state index >= 15 is 0 Å². The van der Waals surface area contributed by atoms with Crippen LogP contribution in [-0.2, 0) is 6.42 Å². The molecule has 1 unspecified atom stereocenters. The maximum atomic E-state index is 5.19. The van der Waals surface area contributed by atoms with Crippen LogP contribution < -0.4 is 10.6 Å². The molecule has 0 aliphatic rings. The van der Waals surface area contributed by atoms with Gasteiger partial charge in [-0.15, -0.1) is 11.3 Å². The highest BCUT2D eigenvalue weighted by molar-refractivity contribution is 7.80. The Kier molecular flexibility index (Phi) is 5.69. The van der Waals surface area contributed by atoms with Crippen LogP contribution in [0.5, 0.6) is 0 Å². The summed E-state index contributed by atoms with van der Waals surface area (Å²) in [5.41, 5.74) is 0. The Morgan fingerprint density at radius 3 is 2.88 bits per heavy atom. The van der Waals surface area contributed by atoms with Crippen LogP contribution in [0.2, 0.25) is 0 Å². The van der Waals surface area contributed by atoms with Crippen molar-refractivity contribution in [2.45, 2.75) is 39.7 Å². The molecule has 0 aliphatic heterocycles. The van der Waals surface area contributed by atoms with E-state index in [0.717, 1.165) is 24.4 Å². The predicted octanol–water partition coefficient (Wildman–Crippen LogP) is 2.64. The predicted molar refractivity (Wildman–Crippen MR) is 73.9 cm³/mol.